The summed E-state index contributed by atoms with van der Waals surface area (Å²) in [5.74, 6) is 1.15. The zero-order valence-electron chi connectivity index (χ0n) is 15.6. The molecule has 0 atom stereocenters. The minimum atomic E-state index is -0.738. The summed E-state index contributed by atoms with van der Waals surface area (Å²) < 4.78 is 5.34. The molecule has 0 aliphatic heterocycles. The fraction of sp³-hybridized carbons (Fsp3) is 0.647. The van der Waals surface area contributed by atoms with Crippen molar-refractivity contribution < 1.29 is 9.32 Å². The molecule has 2 heterocycles. The molecule has 0 saturated carbocycles. The largest absolute Gasteiger partial charge is 0.339 e. The van der Waals surface area contributed by atoms with Gasteiger partial charge in [0, 0.05) is 11.3 Å². The van der Waals surface area contributed by atoms with Crippen molar-refractivity contribution in [1.82, 2.24) is 20.4 Å². The summed E-state index contributed by atoms with van der Waals surface area (Å²) in [7, 11) is 0. The molecule has 7 heteroatoms. The van der Waals surface area contributed by atoms with Crippen LogP contribution in [0.1, 0.15) is 86.5 Å². The highest BCUT2D eigenvalue weighted by Gasteiger charge is 2.32. The van der Waals surface area contributed by atoms with E-state index in [4.69, 9.17) is 4.52 Å². The minimum Gasteiger partial charge on any atom is -0.339 e. The van der Waals surface area contributed by atoms with Crippen molar-refractivity contribution in [2.75, 3.05) is 0 Å². The zero-order chi connectivity index (χ0) is 18.3. The number of amides is 1. The van der Waals surface area contributed by atoms with Gasteiger partial charge >= 0.3 is 0 Å². The molecular formula is C17H26N4O2S. The lowest BCUT2D eigenvalue weighted by Crippen LogP contribution is -2.41. The van der Waals surface area contributed by atoms with Crippen LogP contribution in [0.2, 0.25) is 0 Å². The summed E-state index contributed by atoms with van der Waals surface area (Å²) in [6.45, 7) is 15.7. The van der Waals surface area contributed by atoms with E-state index in [0.29, 0.717) is 22.5 Å². The van der Waals surface area contributed by atoms with Crippen LogP contribution in [0.3, 0.4) is 0 Å². The summed E-state index contributed by atoms with van der Waals surface area (Å²) in [5.41, 5.74) is -0.218. The normalized spacial score (nSPS) is 12.7. The number of aryl methyl sites for hydroxylation is 1. The molecule has 0 aromatic carbocycles. The minimum absolute atomic E-state index is 0.163. The number of rotatable bonds is 4. The number of nitrogens with one attached hydrogen (secondary N) is 1. The Hall–Kier alpha value is -1.76. The van der Waals surface area contributed by atoms with Crippen LogP contribution >= 0.6 is 11.3 Å². The molecule has 6 nitrogen and oxygen atoms in total. The Bertz CT molecular complexity index is 738. The van der Waals surface area contributed by atoms with E-state index in [2.05, 4.69) is 34.3 Å². The fourth-order valence-electron chi connectivity index (χ4n) is 2.05. The number of carbonyl (C=O) groups excluding carboxylic acids is 1. The average Bonchev–Trinajstić information content (AvgIpc) is 3.03. The molecule has 0 unspecified atom stereocenters. The van der Waals surface area contributed by atoms with Gasteiger partial charge in [0.15, 0.2) is 5.82 Å². The molecule has 2 aromatic heterocycles. The van der Waals surface area contributed by atoms with E-state index in [1.54, 1.807) is 0 Å². The first-order valence-electron chi connectivity index (χ1n) is 8.06. The molecule has 1 amide bonds. The molecular weight excluding hydrogens is 324 g/mol. The Balaban J connectivity index is 2.22. The lowest BCUT2D eigenvalue weighted by Gasteiger charge is -2.22. The first-order chi connectivity index (χ1) is 10.9. The number of hydrogen-bond donors (Lipinski definition) is 1. The van der Waals surface area contributed by atoms with Gasteiger partial charge in [-0.25, -0.2) is 4.98 Å². The summed E-state index contributed by atoms with van der Waals surface area (Å²) >= 11 is 1.43. The van der Waals surface area contributed by atoms with Gasteiger partial charge in [-0.05, 0) is 20.8 Å². The van der Waals surface area contributed by atoms with Crippen molar-refractivity contribution in [1.29, 1.82) is 0 Å². The SMILES string of the molecule is Cc1nc(C(C)C)sc1C(=O)NC(C)(C)c1noc(C(C)(C)C)n1. The summed E-state index contributed by atoms with van der Waals surface area (Å²) in [6.07, 6.45) is 0. The monoisotopic (exact) mass is 350 g/mol. The first kappa shape index (κ1) is 18.6. The van der Waals surface area contributed by atoms with Crippen LogP contribution in [0.4, 0.5) is 0 Å². The molecule has 1 N–H and O–H groups in total. The molecule has 0 saturated heterocycles. The van der Waals surface area contributed by atoms with Gasteiger partial charge in [-0.1, -0.05) is 39.8 Å². The Labute approximate surface area is 147 Å². The molecule has 0 spiro atoms. The van der Waals surface area contributed by atoms with Crippen LogP contribution in [0, 0.1) is 6.92 Å². The van der Waals surface area contributed by atoms with Gasteiger partial charge in [0.2, 0.25) is 5.89 Å². The molecule has 24 heavy (non-hydrogen) atoms. The smallest absolute Gasteiger partial charge is 0.264 e. The van der Waals surface area contributed by atoms with Crippen LogP contribution < -0.4 is 5.32 Å². The van der Waals surface area contributed by atoms with Gasteiger partial charge in [0.05, 0.1) is 16.2 Å². The predicted octanol–water partition coefficient (Wildman–Crippen LogP) is 3.92. The third-order valence-corrected chi connectivity index (χ3v) is 5.02. The van der Waals surface area contributed by atoms with Gasteiger partial charge in [0.1, 0.15) is 4.88 Å². The molecule has 0 bridgehead atoms. The van der Waals surface area contributed by atoms with Crippen molar-refractivity contribution in [3.8, 4) is 0 Å². The van der Waals surface area contributed by atoms with E-state index in [1.165, 1.54) is 11.3 Å². The van der Waals surface area contributed by atoms with E-state index in [-0.39, 0.29) is 11.3 Å². The number of thiazole rings is 1. The predicted molar refractivity (Wildman–Crippen MR) is 94.4 cm³/mol. The quantitative estimate of drug-likeness (QED) is 0.904. The summed E-state index contributed by atoms with van der Waals surface area (Å²) in [6, 6.07) is 0. The highest BCUT2D eigenvalue weighted by Crippen LogP contribution is 2.27. The Kier molecular flexibility index (Phi) is 4.86. The molecule has 2 rings (SSSR count). The second kappa shape index (κ2) is 6.27. The summed E-state index contributed by atoms with van der Waals surface area (Å²) in [5, 5.41) is 8.00. The number of nitrogens with zero attached hydrogens (tertiary/aromatic N) is 3. The maximum atomic E-state index is 12.7. The fourth-order valence-corrected chi connectivity index (χ4v) is 3.02. The van der Waals surface area contributed by atoms with Gasteiger partial charge in [0.25, 0.3) is 5.91 Å². The number of carbonyl (C=O) groups is 1. The number of aromatic nitrogens is 3. The van der Waals surface area contributed by atoms with Crippen LogP contribution in [-0.2, 0) is 11.0 Å². The van der Waals surface area contributed by atoms with E-state index in [9.17, 15) is 4.79 Å². The molecule has 2 aromatic rings. The van der Waals surface area contributed by atoms with E-state index < -0.39 is 5.54 Å². The van der Waals surface area contributed by atoms with Gasteiger partial charge in [-0.2, -0.15) is 4.98 Å². The van der Waals surface area contributed by atoms with Gasteiger partial charge in [-0.15, -0.1) is 11.3 Å². The highest BCUT2D eigenvalue weighted by atomic mass is 32.1. The molecule has 132 valence electrons. The van der Waals surface area contributed by atoms with Crippen LogP contribution in [0.15, 0.2) is 4.52 Å². The average molecular weight is 350 g/mol. The Morgan fingerprint density at radius 2 is 1.79 bits per heavy atom. The standard InChI is InChI=1S/C17H26N4O2S/c1-9(2)13-18-10(3)11(24-13)12(22)20-17(7,8)14-19-15(23-21-14)16(4,5)6/h9H,1-8H3,(H,20,22). The second-order valence-corrected chi connectivity index (χ2v) is 8.90. The maximum absolute atomic E-state index is 12.7. The topological polar surface area (TPSA) is 80.9 Å². The molecule has 0 fully saturated rings. The lowest BCUT2D eigenvalue weighted by molar-refractivity contribution is 0.0911. The van der Waals surface area contributed by atoms with Crippen LogP contribution in [0.25, 0.3) is 0 Å². The van der Waals surface area contributed by atoms with E-state index in [1.807, 2.05) is 41.5 Å². The van der Waals surface area contributed by atoms with E-state index >= 15 is 0 Å². The third-order valence-electron chi connectivity index (χ3n) is 3.57. The summed E-state index contributed by atoms with van der Waals surface area (Å²) in [4.78, 5) is 22.2. The van der Waals surface area contributed by atoms with E-state index in [0.717, 1.165) is 10.7 Å². The Morgan fingerprint density at radius 1 is 1.17 bits per heavy atom. The zero-order valence-corrected chi connectivity index (χ0v) is 16.5. The van der Waals surface area contributed by atoms with Crippen LogP contribution in [-0.4, -0.2) is 21.0 Å². The second-order valence-electron chi connectivity index (χ2n) is 7.87. The Morgan fingerprint density at radius 3 is 2.25 bits per heavy atom. The molecule has 0 radical (unpaired) electrons. The van der Waals surface area contributed by atoms with Crippen molar-refractivity contribution in [3.05, 3.63) is 27.3 Å². The van der Waals surface area contributed by atoms with Crippen molar-refractivity contribution in [3.63, 3.8) is 0 Å². The first-order valence-corrected chi connectivity index (χ1v) is 8.88. The van der Waals surface area contributed by atoms with Crippen LogP contribution in [0.5, 0.6) is 0 Å². The molecule has 0 aliphatic rings. The van der Waals surface area contributed by atoms with Crippen molar-refractivity contribution >= 4 is 17.2 Å². The number of hydrogen-bond acceptors (Lipinski definition) is 6. The van der Waals surface area contributed by atoms with Gasteiger partial charge in [-0.3, -0.25) is 4.79 Å². The van der Waals surface area contributed by atoms with Crippen molar-refractivity contribution in [2.24, 2.45) is 0 Å². The highest BCUT2D eigenvalue weighted by molar-refractivity contribution is 7.13. The third kappa shape index (κ3) is 3.83. The van der Waals surface area contributed by atoms with Gasteiger partial charge < -0.3 is 9.84 Å². The molecule has 0 aliphatic carbocycles. The lowest BCUT2D eigenvalue weighted by atomic mass is 9.97. The van der Waals surface area contributed by atoms with Crippen molar-refractivity contribution in [2.45, 2.75) is 72.3 Å². The maximum Gasteiger partial charge on any atom is 0.264 e.